The molecule has 0 spiro atoms. The lowest BCUT2D eigenvalue weighted by molar-refractivity contribution is 0.392. The zero-order valence-corrected chi connectivity index (χ0v) is 12.5. The third-order valence-electron chi connectivity index (χ3n) is 4.10. The second-order valence-corrected chi connectivity index (χ2v) is 5.64. The zero-order chi connectivity index (χ0) is 14.4. The highest BCUT2D eigenvalue weighted by Gasteiger charge is 2.25. The van der Waals surface area contributed by atoms with Crippen LogP contribution in [0.5, 0.6) is 0 Å². The SMILES string of the molecule is CCCC(C)C(N)C(c1ccccc1)c1ccccc1. The van der Waals surface area contributed by atoms with E-state index in [9.17, 15) is 0 Å². The summed E-state index contributed by atoms with van der Waals surface area (Å²) < 4.78 is 0. The summed E-state index contributed by atoms with van der Waals surface area (Å²) in [6.07, 6.45) is 2.36. The molecule has 2 rings (SSSR count). The summed E-state index contributed by atoms with van der Waals surface area (Å²) >= 11 is 0. The molecule has 0 saturated heterocycles. The van der Waals surface area contributed by atoms with Crippen molar-refractivity contribution in [3.63, 3.8) is 0 Å². The first kappa shape index (κ1) is 14.8. The molecule has 20 heavy (non-hydrogen) atoms. The molecule has 0 aliphatic heterocycles. The van der Waals surface area contributed by atoms with Gasteiger partial charge in [0.25, 0.3) is 0 Å². The first-order valence-corrected chi connectivity index (χ1v) is 7.59. The lowest BCUT2D eigenvalue weighted by atomic mass is 9.79. The normalized spacial score (nSPS) is 14.2. The fourth-order valence-electron chi connectivity index (χ4n) is 2.93. The maximum absolute atomic E-state index is 6.61. The van der Waals surface area contributed by atoms with E-state index in [0.29, 0.717) is 5.92 Å². The average molecular weight is 267 g/mol. The molecule has 2 aromatic carbocycles. The number of rotatable bonds is 6. The van der Waals surface area contributed by atoms with Crippen molar-refractivity contribution in [1.82, 2.24) is 0 Å². The van der Waals surface area contributed by atoms with E-state index in [2.05, 4.69) is 74.5 Å². The minimum absolute atomic E-state index is 0.153. The van der Waals surface area contributed by atoms with E-state index in [0.717, 1.165) is 0 Å². The molecular weight excluding hydrogens is 242 g/mol. The van der Waals surface area contributed by atoms with Crippen molar-refractivity contribution in [1.29, 1.82) is 0 Å². The maximum Gasteiger partial charge on any atom is 0.0243 e. The lowest BCUT2D eigenvalue weighted by Crippen LogP contribution is -2.35. The fraction of sp³-hybridized carbons (Fsp3) is 0.368. The third-order valence-corrected chi connectivity index (χ3v) is 4.10. The van der Waals surface area contributed by atoms with Gasteiger partial charge in [0.1, 0.15) is 0 Å². The first-order chi connectivity index (χ1) is 9.74. The molecule has 0 aliphatic rings. The summed E-state index contributed by atoms with van der Waals surface area (Å²) in [5.41, 5.74) is 9.24. The fourth-order valence-corrected chi connectivity index (χ4v) is 2.93. The van der Waals surface area contributed by atoms with Crippen LogP contribution in [0.2, 0.25) is 0 Å². The Morgan fingerprint density at radius 3 is 1.70 bits per heavy atom. The highest BCUT2D eigenvalue weighted by Crippen LogP contribution is 2.31. The van der Waals surface area contributed by atoms with E-state index in [1.807, 2.05) is 0 Å². The molecule has 2 N–H and O–H groups in total. The summed E-state index contributed by atoms with van der Waals surface area (Å²) in [5.74, 6) is 0.796. The van der Waals surface area contributed by atoms with Crippen molar-refractivity contribution in [3.8, 4) is 0 Å². The molecule has 0 bridgehead atoms. The van der Waals surface area contributed by atoms with Crippen LogP contribution in [0, 0.1) is 5.92 Å². The standard InChI is InChI=1S/C19H25N/c1-3-10-15(2)19(20)18(16-11-6-4-7-12-16)17-13-8-5-9-14-17/h4-9,11-15,18-19H,3,10,20H2,1-2H3. The predicted octanol–water partition coefficient (Wildman–Crippen LogP) is 4.58. The van der Waals surface area contributed by atoms with Gasteiger partial charge in [-0.05, 0) is 23.5 Å². The van der Waals surface area contributed by atoms with E-state index in [-0.39, 0.29) is 12.0 Å². The Morgan fingerprint density at radius 1 is 0.850 bits per heavy atom. The van der Waals surface area contributed by atoms with Crippen LogP contribution < -0.4 is 5.73 Å². The smallest absolute Gasteiger partial charge is 0.0243 e. The lowest BCUT2D eigenvalue weighted by Gasteiger charge is -2.29. The van der Waals surface area contributed by atoms with E-state index in [1.165, 1.54) is 24.0 Å². The minimum atomic E-state index is 0.153. The quantitative estimate of drug-likeness (QED) is 0.814. The van der Waals surface area contributed by atoms with Crippen LogP contribution in [0.4, 0.5) is 0 Å². The van der Waals surface area contributed by atoms with Crippen molar-refractivity contribution < 1.29 is 0 Å². The Morgan fingerprint density at radius 2 is 1.30 bits per heavy atom. The molecule has 1 heteroatoms. The molecule has 0 aliphatic carbocycles. The predicted molar refractivity (Wildman–Crippen MR) is 86.8 cm³/mol. The molecule has 2 aromatic rings. The Kier molecular flexibility index (Phi) is 5.37. The average Bonchev–Trinajstić information content (AvgIpc) is 2.50. The van der Waals surface area contributed by atoms with Crippen LogP contribution in [0.3, 0.4) is 0 Å². The second-order valence-electron chi connectivity index (χ2n) is 5.64. The molecule has 0 saturated carbocycles. The number of benzene rings is 2. The Bertz CT molecular complexity index is 452. The maximum atomic E-state index is 6.61. The van der Waals surface area contributed by atoms with Gasteiger partial charge in [-0.1, -0.05) is 80.9 Å². The van der Waals surface area contributed by atoms with Gasteiger partial charge in [0.15, 0.2) is 0 Å². The van der Waals surface area contributed by atoms with Gasteiger partial charge >= 0.3 is 0 Å². The molecule has 2 atom stereocenters. The summed E-state index contributed by atoms with van der Waals surface area (Å²) in [6, 6.07) is 21.4. The minimum Gasteiger partial charge on any atom is -0.327 e. The van der Waals surface area contributed by atoms with E-state index in [1.54, 1.807) is 0 Å². The van der Waals surface area contributed by atoms with Gasteiger partial charge in [-0.3, -0.25) is 0 Å². The van der Waals surface area contributed by atoms with Crippen LogP contribution in [-0.2, 0) is 0 Å². The largest absolute Gasteiger partial charge is 0.327 e. The van der Waals surface area contributed by atoms with E-state index < -0.39 is 0 Å². The van der Waals surface area contributed by atoms with Crippen LogP contribution in [0.15, 0.2) is 60.7 Å². The van der Waals surface area contributed by atoms with Crippen LogP contribution in [0.25, 0.3) is 0 Å². The topological polar surface area (TPSA) is 26.0 Å². The number of nitrogens with two attached hydrogens (primary N) is 1. The van der Waals surface area contributed by atoms with Crippen molar-refractivity contribution in [2.24, 2.45) is 11.7 Å². The Balaban J connectivity index is 2.35. The third kappa shape index (κ3) is 3.49. The number of hydrogen-bond acceptors (Lipinski definition) is 1. The van der Waals surface area contributed by atoms with Crippen molar-refractivity contribution in [2.45, 2.75) is 38.6 Å². The monoisotopic (exact) mass is 267 g/mol. The highest BCUT2D eigenvalue weighted by molar-refractivity contribution is 5.34. The van der Waals surface area contributed by atoms with Gasteiger partial charge in [0.2, 0.25) is 0 Å². The Hall–Kier alpha value is -1.60. The van der Waals surface area contributed by atoms with Crippen molar-refractivity contribution in [2.75, 3.05) is 0 Å². The Labute approximate surface area is 122 Å². The van der Waals surface area contributed by atoms with Crippen LogP contribution >= 0.6 is 0 Å². The van der Waals surface area contributed by atoms with E-state index >= 15 is 0 Å². The van der Waals surface area contributed by atoms with Crippen LogP contribution in [-0.4, -0.2) is 6.04 Å². The van der Waals surface area contributed by atoms with Crippen LogP contribution in [0.1, 0.15) is 43.7 Å². The molecule has 2 unspecified atom stereocenters. The van der Waals surface area contributed by atoms with E-state index in [4.69, 9.17) is 5.73 Å². The van der Waals surface area contributed by atoms with Gasteiger partial charge in [-0.15, -0.1) is 0 Å². The van der Waals surface area contributed by atoms with Gasteiger partial charge in [0, 0.05) is 12.0 Å². The molecule has 0 radical (unpaired) electrons. The number of hydrogen-bond donors (Lipinski definition) is 1. The molecule has 1 nitrogen and oxygen atoms in total. The summed E-state index contributed by atoms with van der Waals surface area (Å²) in [7, 11) is 0. The molecule has 0 fully saturated rings. The molecule has 0 amide bonds. The van der Waals surface area contributed by atoms with Gasteiger partial charge in [-0.25, -0.2) is 0 Å². The molecule has 0 aromatic heterocycles. The van der Waals surface area contributed by atoms with Crippen molar-refractivity contribution in [3.05, 3.63) is 71.8 Å². The molecule has 0 heterocycles. The zero-order valence-electron chi connectivity index (χ0n) is 12.5. The van der Waals surface area contributed by atoms with Gasteiger partial charge < -0.3 is 5.73 Å². The van der Waals surface area contributed by atoms with Gasteiger partial charge in [0.05, 0.1) is 0 Å². The molecular formula is C19H25N. The second kappa shape index (κ2) is 7.25. The summed E-state index contributed by atoms with van der Waals surface area (Å²) in [4.78, 5) is 0. The summed E-state index contributed by atoms with van der Waals surface area (Å²) in [5, 5.41) is 0. The first-order valence-electron chi connectivity index (χ1n) is 7.59. The molecule has 106 valence electrons. The summed E-state index contributed by atoms with van der Waals surface area (Å²) in [6.45, 7) is 4.50. The van der Waals surface area contributed by atoms with Gasteiger partial charge in [-0.2, -0.15) is 0 Å². The van der Waals surface area contributed by atoms with Crippen molar-refractivity contribution >= 4 is 0 Å². The highest BCUT2D eigenvalue weighted by atomic mass is 14.7.